The molecule has 0 saturated heterocycles. The number of ether oxygens (including phenoxy) is 1. The average molecular weight is 448 g/mol. The Kier molecular flexibility index (Phi) is 7.76. The number of hydrogen-bond donors (Lipinski definition) is 1. The Morgan fingerprint density at radius 2 is 2.13 bits per heavy atom. The molecule has 8 heteroatoms. The maximum atomic E-state index is 13.2. The second-order valence-electron chi connectivity index (χ2n) is 6.92. The number of thiophene rings is 1. The molecular weight excluding hydrogens is 422 g/mol. The molecule has 1 aliphatic rings. The zero-order chi connectivity index (χ0) is 21.5. The Morgan fingerprint density at radius 1 is 1.37 bits per heavy atom. The molecule has 30 heavy (non-hydrogen) atoms. The van der Waals surface area contributed by atoms with E-state index in [1.165, 1.54) is 9.78 Å². The molecule has 0 radical (unpaired) electrons. The van der Waals surface area contributed by atoms with Crippen LogP contribution in [0.2, 0.25) is 5.02 Å². The van der Waals surface area contributed by atoms with E-state index in [9.17, 15) is 9.59 Å². The van der Waals surface area contributed by atoms with E-state index in [1.807, 2.05) is 29.3 Å². The summed E-state index contributed by atoms with van der Waals surface area (Å²) in [4.78, 5) is 30.0. The van der Waals surface area contributed by atoms with Crippen LogP contribution in [0.15, 0.2) is 48.4 Å². The number of amides is 3. The van der Waals surface area contributed by atoms with Gasteiger partial charge in [0.1, 0.15) is 18.9 Å². The van der Waals surface area contributed by atoms with E-state index < -0.39 is 0 Å². The molecule has 6 nitrogen and oxygen atoms in total. The standard InChI is InChI=1S/C22H26ClN3O3S/c1-3-11-25(22(28)24-4-2)14-21(27)26-12-9-20-18(10-13-30-20)19(26)15-29-17-7-5-16(23)6-8-17/h3,5-8,10,13,19H,1,4,9,11-12,14-15H2,2H3,(H,24,28). The Morgan fingerprint density at radius 3 is 2.83 bits per heavy atom. The van der Waals surface area contributed by atoms with Gasteiger partial charge in [-0.2, -0.15) is 0 Å². The number of halogens is 1. The van der Waals surface area contributed by atoms with Gasteiger partial charge in [-0.1, -0.05) is 17.7 Å². The summed E-state index contributed by atoms with van der Waals surface area (Å²) in [6.45, 7) is 7.27. The van der Waals surface area contributed by atoms with Crippen molar-refractivity contribution in [1.29, 1.82) is 0 Å². The summed E-state index contributed by atoms with van der Waals surface area (Å²) in [5, 5.41) is 5.44. The van der Waals surface area contributed by atoms with E-state index in [4.69, 9.17) is 16.3 Å². The van der Waals surface area contributed by atoms with Gasteiger partial charge in [-0.25, -0.2) is 4.79 Å². The molecule has 3 amide bonds. The van der Waals surface area contributed by atoms with Crippen molar-refractivity contribution in [2.45, 2.75) is 19.4 Å². The van der Waals surface area contributed by atoms with Gasteiger partial charge < -0.3 is 19.9 Å². The van der Waals surface area contributed by atoms with E-state index in [1.54, 1.807) is 29.5 Å². The van der Waals surface area contributed by atoms with Crippen LogP contribution in [-0.2, 0) is 11.2 Å². The summed E-state index contributed by atoms with van der Waals surface area (Å²) in [5.74, 6) is 0.592. The maximum Gasteiger partial charge on any atom is 0.318 e. The molecule has 0 saturated carbocycles. The highest BCUT2D eigenvalue weighted by atomic mass is 35.5. The summed E-state index contributed by atoms with van der Waals surface area (Å²) in [6.07, 6.45) is 2.43. The van der Waals surface area contributed by atoms with Crippen LogP contribution in [-0.4, -0.2) is 54.5 Å². The van der Waals surface area contributed by atoms with Crippen LogP contribution in [0.5, 0.6) is 5.75 Å². The van der Waals surface area contributed by atoms with Gasteiger partial charge in [-0.3, -0.25) is 4.79 Å². The van der Waals surface area contributed by atoms with E-state index in [0.29, 0.717) is 37.0 Å². The summed E-state index contributed by atoms with van der Waals surface area (Å²) < 4.78 is 5.99. The number of urea groups is 1. The third-order valence-corrected chi connectivity index (χ3v) is 6.18. The molecule has 1 aromatic carbocycles. The number of rotatable bonds is 8. The second kappa shape index (κ2) is 10.5. The van der Waals surface area contributed by atoms with Crippen molar-refractivity contribution >= 4 is 34.9 Å². The number of nitrogens with zero attached hydrogens (tertiary/aromatic N) is 2. The monoisotopic (exact) mass is 447 g/mol. The molecular formula is C22H26ClN3O3S. The van der Waals surface area contributed by atoms with Crippen molar-refractivity contribution in [2.75, 3.05) is 32.8 Å². The lowest BCUT2D eigenvalue weighted by Crippen LogP contribution is -2.49. The van der Waals surface area contributed by atoms with E-state index in [0.717, 1.165) is 12.0 Å². The molecule has 1 N–H and O–H groups in total. The SMILES string of the molecule is C=CCN(CC(=O)N1CCc2sccc2C1COc1ccc(Cl)cc1)C(=O)NCC. The molecule has 1 aliphatic heterocycles. The molecule has 1 atom stereocenters. The van der Waals surface area contributed by atoms with Gasteiger partial charge in [0.05, 0.1) is 6.04 Å². The fraction of sp³-hybridized carbons (Fsp3) is 0.364. The number of carbonyl (C=O) groups excluding carboxylic acids is 2. The van der Waals surface area contributed by atoms with Crippen molar-refractivity contribution in [1.82, 2.24) is 15.1 Å². The number of fused-ring (bicyclic) bond motifs is 1. The summed E-state index contributed by atoms with van der Waals surface area (Å²) in [6, 6.07) is 8.75. The maximum absolute atomic E-state index is 13.2. The van der Waals surface area contributed by atoms with Gasteiger partial charge in [0.25, 0.3) is 0 Å². The summed E-state index contributed by atoms with van der Waals surface area (Å²) >= 11 is 7.65. The number of hydrogen-bond acceptors (Lipinski definition) is 4. The van der Waals surface area contributed by atoms with Crippen LogP contribution in [0.3, 0.4) is 0 Å². The zero-order valence-electron chi connectivity index (χ0n) is 17.0. The molecule has 160 valence electrons. The molecule has 2 heterocycles. The van der Waals surface area contributed by atoms with Crippen LogP contribution < -0.4 is 10.1 Å². The normalized spacial score (nSPS) is 15.3. The lowest BCUT2D eigenvalue weighted by atomic mass is 10.0. The molecule has 0 fully saturated rings. The predicted octanol–water partition coefficient (Wildman–Crippen LogP) is 4.12. The van der Waals surface area contributed by atoms with Gasteiger partial charge in [-0.05, 0) is 54.6 Å². The zero-order valence-corrected chi connectivity index (χ0v) is 18.5. The van der Waals surface area contributed by atoms with E-state index >= 15 is 0 Å². The van der Waals surface area contributed by atoms with Crippen LogP contribution in [0, 0.1) is 0 Å². The fourth-order valence-electron chi connectivity index (χ4n) is 3.47. The average Bonchev–Trinajstić information content (AvgIpc) is 3.22. The third kappa shape index (κ3) is 5.34. The number of nitrogens with one attached hydrogen (secondary N) is 1. The molecule has 1 aromatic heterocycles. The van der Waals surface area contributed by atoms with E-state index in [2.05, 4.69) is 18.0 Å². The Labute approximate surface area is 186 Å². The molecule has 0 spiro atoms. The first-order valence-corrected chi connectivity index (χ1v) is 11.2. The molecule has 1 unspecified atom stereocenters. The predicted molar refractivity (Wildman–Crippen MR) is 120 cm³/mol. The van der Waals surface area contributed by atoms with Crippen molar-refractivity contribution in [2.24, 2.45) is 0 Å². The minimum atomic E-state index is -0.270. The summed E-state index contributed by atoms with van der Waals surface area (Å²) in [5.41, 5.74) is 1.11. The van der Waals surface area contributed by atoms with Crippen molar-refractivity contribution in [3.8, 4) is 5.75 Å². The number of carbonyl (C=O) groups is 2. The largest absolute Gasteiger partial charge is 0.491 e. The van der Waals surface area contributed by atoms with Crippen LogP contribution >= 0.6 is 22.9 Å². The Bertz CT molecular complexity index is 884. The van der Waals surface area contributed by atoms with Crippen molar-refractivity contribution in [3.63, 3.8) is 0 Å². The van der Waals surface area contributed by atoms with Gasteiger partial charge >= 0.3 is 6.03 Å². The lowest BCUT2D eigenvalue weighted by molar-refractivity contribution is -0.135. The number of benzene rings is 1. The minimum absolute atomic E-state index is 0.00519. The first-order chi connectivity index (χ1) is 14.5. The van der Waals surface area contributed by atoms with Gasteiger partial charge in [-0.15, -0.1) is 17.9 Å². The van der Waals surface area contributed by atoms with Crippen LogP contribution in [0.1, 0.15) is 23.4 Å². The first kappa shape index (κ1) is 22.2. The molecule has 0 bridgehead atoms. The highest BCUT2D eigenvalue weighted by molar-refractivity contribution is 7.10. The molecule has 3 rings (SSSR count). The topological polar surface area (TPSA) is 61.9 Å². The van der Waals surface area contributed by atoms with Gasteiger partial charge in [0.2, 0.25) is 5.91 Å². The fourth-order valence-corrected chi connectivity index (χ4v) is 4.53. The quantitative estimate of drug-likeness (QED) is 0.619. The van der Waals surface area contributed by atoms with Crippen molar-refractivity contribution in [3.05, 3.63) is 63.8 Å². The second-order valence-corrected chi connectivity index (χ2v) is 8.36. The first-order valence-electron chi connectivity index (χ1n) is 9.91. The lowest BCUT2D eigenvalue weighted by Gasteiger charge is -2.37. The third-order valence-electron chi connectivity index (χ3n) is 4.93. The highest BCUT2D eigenvalue weighted by Gasteiger charge is 2.33. The van der Waals surface area contributed by atoms with Crippen LogP contribution in [0.4, 0.5) is 4.79 Å². The van der Waals surface area contributed by atoms with E-state index in [-0.39, 0.29) is 24.5 Å². The smallest absolute Gasteiger partial charge is 0.318 e. The summed E-state index contributed by atoms with van der Waals surface area (Å²) in [7, 11) is 0. The van der Waals surface area contributed by atoms with Crippen molar-refractivity contribution < 1.29 is 14.3 Å². The Balaban J connectivity index is 1.75. The van der Waals surface area contributed by atoms with Crippen LogP contribution in [0.25, 0.3) is 0 Å². The molecule has 0 aliphatic carbocycles. The Hall–Kier alpha value is -2.51. The molecule has 2 aromatic rings. The highest BCUT2D eigenvalue weighted by Crippen LogP contribution is 2.34. The van der Waals surface area contributed by atoms with Gasteiger partial charge in [0.15, 0.2) is 0 Å². The minimum Gasteiger partial charge on any atom is -0.491 e. The van der Waals surface area contributed by atoms with Gasteiger partial charge in [0, 0.05) is 29.5 Å².